The van der Waals surface area contributed by atoms with Crippen molar-refractivity contribution in [2.75, 3.05) is 11.9 Å². The Morgan fingerprint density at radius 3 is 2.87 bits per heavy atom. The van der Waals surface area contributed by atoms with Crippen molar-refractivity contribution < 1.29 is 13.9 Å². The SMILES string of the molecule is N#CCCCCC(=O)NCC#Cc1cc2ncnc(Nc3ccc(OCc4cccc(F)c4)c(Cl)c3)c2s1. The number of ether oxygens (including phenoxy) is 1. The molecule has 0 saturated heterocycles. The highest BCUT2D eigenvalue weighted by Gasteiger charge is 2.10. The zero-order chi connectivity index (χ0) is 26.7. The molecule has 0 radical (unpaired) electrons. The number of hydrogen-bond donors (Lipinski definition) is 2. The third kappa shape index (κ3) is 7.66. The molecule has 0 spiro atoms. The summed E-state index contributed by atoms with van der Waals surface area (Å²) in [6.45, 7) is 0.441. The van der Waals surface area contributed by atoms with Gasteiger partial charge in [0.05, 0.1) is 32.7 Å². The summed E-state index contributed by atoms with van der Waals surface area (Å²) in [5, 5.41) is 15.0. The van der Waals surface area contributed by atoms with Crippen LogP contribution in [0.3, 0.4) is 0 Å². The van der Waals surface area contributed by atoms with Crippen LogP contribution in [0.15, 0.2) is 54.9 Å². The second kappa shape index (κ2) is 13.4. The third-order valence-electron chi connectivity index (χ3n) is 5.32. The fourth-order valence-corrected chi connectivity index (χ4v) is 4.64. The first-order valence-electron chi connectivity index (χ1n) is 11.8. The van der Waals surface area contributed by atoms with Gasteiger partial charge in [-0.1, -0.05) is 35.6 Å². The number of anilines is 2. The van der Waals surface area contributed by atoms with E-state index in [1.807, 2.05) is 12.1 Å². The molecule has 1 amide bonds. The average molecular weight is 548 g/mol. The number of carbonyl (C=O) groups excluding carboxylic acids is 1. The zero-order valence-electron chi connectivity index (χ0n) is 20.3. The molecule has 0 unspecified atom stereocenters. The van der Waals surface area contributed by atoms with E-state index in [9.17, 15) is 9.18 Å². The summed E-state index contributed by atoms with van der Waals surface area (Å²) in [5.41, 5.74) is 2.17. The maximum absolute atomic E-state index is 13.4. The molecule has 2 heterocycles. The van der Waals surface area contributed by atoms with Gasteiger partial charge in [0, 0.05) is 18.5 Å². The first kappa shape index (κ1) is 26.9. The Hall–Kier alpha value is -4.18. The molecule has 2 N–H and O–H groups in total. The first-order chi connectivity index (χ1) is 18.5. The molecule has 0 saturated carbocycles. The highest BCUT2D eigenvalue weighted by molar-refractivity contribution is 7.20. The zero-order valence-corrected chi connectivity index (χ0v) is 21.8. The molecular weight excluding hydrogens is 525 g/mol. The van der Waals surface area contributed by atoms with Gasteiger partial charge in [0.15, 0.2) is 5.82 Å². The van der Waals surface area contributed by atoms with Gasteiger partial charge in [-0.3, -0.25) is 4.79 Å². The molecule has 0 bridgehead atoms. The van der Waals surface area contributed by atoms with Crippen LogP contribution in [-0.4, -0.2) is 22.4 Å². The van der Waals surface area contributed by atoms with Crippen LogP contribution in [-0.2, 0) is 11.4 Å². The van der Waals surface area contributed by atoms with Crippen LogP contribution in [0.5, 0.6) is 5.75 Å². The Bertz CT molecular complexity index is 1540. The van der Waals surface area contributed by atoms with Gasteiger partial charge in [-0.25, -0.2) is 14.4 Å². The van der Waals surface area contributed by atoms with Crippen LogP contribution in [0, 0.1) is 29.0 Å². The number of unbranched alkanes of at least 4 members (excludes halogenated alkanes) is 2. The number of aromatic nitrogens is 2. The molecule has 0 atom stereocenters. The molecule has 4 rings (SSSR count). The van der Waals surface area contributed by atoms with Crippen molar-refractivity contribution in [3.05, 3.63) is 76.1 Å². The monoisotopic (exact) mass is 547 g/mol. The molecule has 2 aromatic carbocycles. The molecule has 0 fully saturated rings. The summed E-state index contributed by atoms with van der Waals surface area (Å²) in [6, 6.07) is 15.4. The predicted molar refractivity (Wildman–Crippen MR) is 147 cm³/mol. The topological polar surface area (TPSA) is 99.9 Å². The second-order valence-corrected chi connectivity index (χ2v) is 9.64. The number of nitrogens with one attached hydrogen (secondary N) is 2. The number of rotatable bonds is 10. The van der Waals surface area contributed by atoms with Gasteiger partial charge < -0.3 is 15.4 Å². The lowest BCUT2D eigenvalue weighted by atomic mass is 10.2. The van der Waals surface area contributed by atoms with Crippen molar-refractivity contribution in [3.8, 4) is 23.7 Å². The van der Waals surface area contributed by atoms with Crippen molar-refractivity contribution in [1.29, 1.82) is 5.26 Å². The van der Waals surface area contributed by atoms with E-state index in [0.717, 1.165) is 21.5 Å². The summed E-state index contributed by atoms with van der Waals surface area (Å²) in [4.78, 5) is 21.3. The fraction of sp³-hybridized carbons (Fsp3) is 0.214. The van der Waals surface area contributed by atoms with Crippen LogP contribution in [0.25, 0.3) is 10.2 Å². The minimum Gasteiger partial charge on any atom is -0.487 e. The minimum atomic E-state index is -0.318. The summed E-state index contributed by atoms with van der Waals surface area (Å²) in [7, 11) is 0. The molecule has 192 valence electrons. The van der Waals surface area contributed by atoms with E-state index in [1.54, 1.807) is 24.3 Å². The Kier molecular flexibility index (Phi) is 9.47. The number of halogens is 2. The molecular formula is C28H23ClFN5O2S. The second-order valence-electron chi connectivity index (χ2n) is 8.18. The Balaban J connectivity index is 1.36. The van der Waals surface area contributed by atoms with Crippen molar-refractivity contribution in [1.82, 2.24) is 15.3 Å². The third-order valence-corrected chi connectivity index (χ3v) is 6.66. The van der Waals surface area contributed by atoms with Crippen molar-refractivity contribution in [2.24, 2.45) is 0 Å². The van der Waals surface area contributed by atoms with Gasteiger partial charge in [-0.05, 0) is 54.8 Å². The first-order valence-corrected chi connectivity index (χ1v) is 13.0. The largest absolute Gasteiger partial charge is 0.487 e. The number of benzene rings is 2. The summed E-state index contributed by atoms with van der Waals surface area (Å²) >= 11 is 7.86. The molecule has 7 nitrogen and oxygen atoms in total. The van der Waals surface area contributed by atoms with Gasteiger partial charge >= 0.3 is 0 Å². The highest BCUT2D eigenvalue weighted by Crippen LogP contribution is 2.33. The van der Waals surface area contributed by atoms with E-state index >= 15 is 0 Å². The van der Waals surface area contributed by atoms with Crippen LogP contribution in [0.2, 0.25) is 5.02 Å². The van der Waals surface area contributed by atoms with Crippen molar-refractivity contribution in [3.63, 3.8) is 0 Å². The number of amides is 1. The summed E-state index contributed by atoms with van der Waals surface area (Å²) < 4.78 is 20.0. The molecule has 4 aromatic rings. The van der Waals surface area contributed by atoms with E-state index in [1.165, 1.54) is 29.8 Å². The molecule has 0 aliphatic rings. The quantitative estimate of drug-likeness (QED) is 0.177. The Morgan fingerprint density at radius 2 is 2.05 bits per heavy atom. The van der Waals surface area contributed by atoms with Gasteiger partial charge in [0.25, 0.3) is 0 Å². The van der Waals surface area contributed by atoms with E-state index in [-0.39, 0.29) is 24.9 Å². The van der Waals surface area contributed by atoms with E-state index in [2.05, 4.69) is 38.5 Å². The van der Waals surface area contributed by atoms with Gasteiger partial charge in [-0.15, -0.1) is 11.3 Å². The normalized spacial score (nSPS) is 10.3. The van der Waals surface area contributed by atoms with Crippen LogP contribution in [0.4, 0.5) is 15.9 Å². The number of carbonyl (C=O) groups is 1. The standard InChI is InChI=1S/C28H23ClFN5O2S/c29-23-15-21(10-11-25(23)37-17-19-6-4-7-20(30)14-19)35-28-27-24(33-18-34-28)16-22(38-27)8-5-13-32-26(36)9-2-1-3-12-31/h4,6-7,10-11,14-16,18H,1-3,9,13,17H2,(H,32,36)(H,33,34,35). The average Bonchev–Trinajstić information content (AvgIpc) is 3.33. The van der Waals surface area contributed by atoms with Gasteiger partial charge in [-0.2, -0.15) is 5.26 Å². The molecule has 38 heavy (non-hydrogen) atoms. The molecule has 0 aliphatic heterocycles. The number of thiophene rings is 1. The Labute approximate surface area is 228 Å². The van der Waals surface area contributed by atoms with E-state index < -0.39 is 0 Å². The number of hydrogen-bond acceptors (Lipinski definition) is 7. The van der Waals surface area contributed by atoms with Crippen molar-refractivity contribution in [2.45, 2.75) is 32.3 Å². The van der Waals surface area contributed by atoms with Crippen molar-refractivity contribution >= 4 is 50.6 Å². The predicted octanol–water partition coefficient (Wildman–Crippen LogP) is 6.36. The molecule has 2 aromatic heterocycles. The minimum absolute atomic E-state index is 0.0741. The van der Waals surface area contributed by atoms with Crippen LogP contribution < -0.4 is 15.4 Å². The molecule has 0 aliphatic carbocycles. The van der Waals surface area contributed by atoms with Crippen LogP contribution in [0.1, 0.15) is 36.1 Å². The Morgan fingerprint density at radius 1 is 1.16 bits per heavy atom. The number of nitrogens with zero attached hydrogens (tertiary/aromatic N) is 3. The van der Waals surface area contributed by atoms with Crippen LogP contribution >= 0.6 is 22.9 Å². The fourth-order valence-electron chi connectivity index (χ4n) is 3.48. The maximum Gasteiger partial charge on any atom is 0.220 e. The van der Waals surface area contributed by atoms with E-state index in [0.29, 0.717) is 47.1 Å². The van der Waals surface area contributed by atoms with Gasteiger partial charge in [0.2, 0.25) is 5.91 Å². The lowest BCUT2D eigenvalue weighted by Crippen LogP contribution is -2.23. The number of fused-ring (bicyclic) bond motifs is 1. The smallest absolute Gasteiger partial charge is 0.220 e. The summed E-state index contributed by atoms with van der Waals surface area (Å²) in [5.74, 6) is 6.72. The number of nitriles is 1. The maximum atomic E-state index is 13.4. The summed E-state index contributed by atoms with van der Waals surface area (Å²) in [6.07, 6.45) is 3.73. The molecule has 10 heteroatoms. The van der Waals surface area contributed by atoms with E-state index in [4.69, 9.17) is 21.6 Å². The lowest BCUT2D eigenvalue weighted by Gasteiger charge is -2.11. The van der Waals surface area contributed by atoms with Gasteiger partial charge in [0.1, 0.15) is 24.5 Å². The highest BCUT2D eigenvalue weighted by atomic mass is 35.5. The lowest BCUT2D eigenvalue weighted by molar-refractivity contribution is -0.120.